The molecule has 0 saturated carbocycles. The van der Waals surface area contributed by atoms with Crippen molar-refractivity contribution in [3.05, 3.63) is 82.1 Å². The number of hydrogen-bond donors (Lipinski definition) is 0. The smallest absolute Gasteiger partial charge is 0.332 e. The summed E-state index contributed by atoms with van der Waals surface area (Å²) in [6, 6.07) is 18.5. The van der Waals surface area contributed by atoms with Crippen LogP contribution in [0.1, 0.15) is 15.9 Å². The summed E-state index contributed by atoms with van der Waals surface area (Å²) in [5.74, 6) is -1.10. The SMILES string of the molecule is Cc1c2c(c(=O)n(-c3ccccc3)c1-c1ccccc1)C(=O)C(I)C(=O)O2. The molecule has 1 aliphatic heterocycles. The van der Waals surface area contributed by atoms with Crippen LogP contribution in [0, 0.1) is 6.92 Å². The fourth-order valence-electron chi connectivity index (χ4n) is 3.27. The number of alkyl halides is 1. The van der Waals surface area contributed by atoms with Crippen LogP contribution in [0.25, 0.3) is 16.9 Å². The van der Waals surface area contributed by atoms with E-state index in [1.807, 2.05) is 48.5 Å². The number of esters is 1. The number of benzene rings is 2. The third kappa shape index (κ3) is 2.80. The molecule has 4 rings (SSSR count). The quantitative estimate of drug-likeness (QED) is 0.248. The molecule has 0 saturated heterocycles. The number of ketones is 1. The maximum Gasteiger partial charge on any atom is 0.332 e. The molecule has 0 bridgehead atoms. The molecule has 0 aliphatic carbocycles. The van der Waals surface area contributed by atoms with Gasteiger partial charge in [-0.25, -0.2) is 4.79 Å². The number of rotatable bonds is 2. The molecule has 3 aromatic rings. The van der Waals surface area contributed by atoms with E-state index in [-0.39, 0.29) is 11.3 Å². The van der Waals surface area contributed by atoms with Gasteiger partial charge in [-0.2, -0.15) is 0 Å². The van der Waals surface area contributed by atoms with E-state index in [1.165, 1.54) is 4.57 Å². The van der Waals surface area contributed by atoms with Crippen LogP contribution in [0.15, 0.2) is 65.5 Å². The first kappa shape index (κ1) is 17.7. The second-order valence-electron chi connectivity index (χ2n) is 6.17. The maximum absolute atomic E-state index is 13.4. The fourth-order valence-corrected chi connectivity index (χ4v) is 3.71. The lowest BCUT2D eigenvalue weighted by Crippen LogP contribution is -2.40. The average molecular weight is 471 g/mol. The monoisotopic (exact) mass is 471 g/mol. The second-order valence-corrected chi connectivity index (χ2v) is 7.41. The summed E-state index contributed by atoms with van der Waals surface area (Å²) in [6.07, 6.45) is 0. The van der Waals surface area contributed by atoms with Crippen molar-refractivity contribution in [2.75, 3.05) is 0 Å². The molecule has 0 spiro atoms. The first-order valence-electron chi connectivity index (χ1n) is 8.31. The molecule has 1 atom stereocenters. The Balaban J connectivity index is 2.15. The molecule has 6 heteroatoms. The van der Waals surface area contributed by atoms with Gasteiger partial charge in [0.05, 0.1) is 5.69 Å². The Morgan fingerprint density at radius 1 is 0.926 bits per heavy atom. The number of ether oxygens (including phenoxy) is 1. The number of nitrogens with zero attached hydrogens (tertiary/aromatic N) is 1. The minimum absolute atomic E-state index is 0.0638. The van der Waals surface area contributed by atoms with Gasteiger partial charge in [-0.05, 0) is 24.6 Å². The third-order valence-corrected chi connectivity index (χ3v) is 5.59. The molecule has 1 aliphatic rings. The van der Waals surface area contributed by atoms with Crippen LogP contribution in [-0.4, -0.2) is 20.2 Å². The number of carbonyl (C=O) groups is 2. The Morgan fingerprint density at radius 3 is 2.15 bits per heavy atom. The molecular formula is C21H14INO4. The minimum atomic E-state index is -1.02. The van der Waals surface area contributed by atoms with Crippen LogP contribution < -0.4 is 10.3 Å². The fraction of sp³-hybridized carbons (Fsp3) is 0.0952. The number of fused-ring (bicyclic) bond motifs is 1. The van der Waals surface area contributed by atoms with E-state index in [9.17, 15) is 14.4 Å². The highest BCUT2D eigenvalue weighted by molar-refractivity contribution is 14.1. The molecule has 1 unspecified atom stereocenters. The largest absolute Gasteiger partial charge is 0.424 e. The summed E-state index contributed by atoms with van der Waals surface area (Å²) in [7, 11) is 0. The summed E-state index contributed by atoms with van der Waals surface area (Å²) in [6.45, 7) is 1.76. The number of carbonyl (C=O) groups excluding carboxylic acids is 2. The van der Waals surface area contributed by atoms with Crippen molar-refractivity contribution in [3.63, 3.8) is 0 Å². The van der Waals surface area contributed by atoms with Crippen molar-refractivity contribution in [3.8, 4) is 22.7 Å². The van der Waals surface area contributed by atoms with Crippen molar-refractivity contribution in [2.24, 2.45) is 0 Å². The molecule has 0 N–H and O–H groups in total. The van der Waals surface area contributed by atoms with Gasteiger partial charge in [0, 0.05) is 11.3 Å². The van der Waals surface area contributed by atoms with Gasteiger partial charge in [-0.1, -0.05) is 71.1 Å². The Kier molecular flexibility index (Phi) is 4.43. The standard InChI is InChI=1S/C21H14INO4/c1-12-17(13-8-4-2-5-9-13)23(14-10-6-3-7-11-14)20(25)15-18(24)16(22)21(26)27-19(12)15/h2-11,16H,1H3. The van der Waals surface area contributed by atoms with Gasteiger partial charge in [0.25, 0.3) is 5.56 Å². The normalized spacial score (nSPS) is 16.0. The Bertz CT molecular complexity index is 1120. The van der Waals surface area contributed by atoms with Crippen molar-refractivity contribution < 1.29 is 14.3 Å². The van der Waals surface area contributed by atoms with Gasteiger partial charge >= 0.3 is 5.97 Å². The van der Waals surface area contributed by atoms with Gasteiger partial charge in [0.1, 0.15) is 5.56 Å². The molecule has 2 heterocycles. The summed E-state index contributed by atoms with van der Waals surface area (Å²) in [5.41, 5.74) is 2.04. The highest BCUT2D eigenvalue weighted by atomic mass is 127. The third-order valence-electron chi connectivity index (χ3n) is 4.51. The van der Waals surface area contributed by atoms with Crippen LogP contribution in [0.2, 0.25) is 0 Å². The zero-order valence-corrected chi connectivity index (χ0v) is 16.5. The summed E-state index contributed by atoms with van der Waals surface area (Å²) >= 11 is 1.71. The van der Waals surface area contributed by atoms with Crippen LogP contribution >= 0.6 is 22.6 Å². The average Bonchev–Trinajstić information content (AvgIpc) is 2.69. The van der Waals surface area contributed by atoms with Crippen LogP contribution in [0.5, 0.6) is 5.75 Å². The van der Waals surface area contributed by atoms with Gasteiger partial charge in [0.15, 0.2) is 15.5 Å². The second kappa shape index (κ2) is 6.77. The number of Topliss-reactive ketones (excluding diaryl/α,β-unsaturated/α-hetero) is 1. The molecule has 0 amide bonds. The van der Waals surface area contributed by atoms with Gasteiger partial charge < -0.3 is 4.74 Å². The zero-order valence-electron chi connectivity index (χ0n) is 14.3. The molecule has 0 radical (unpaired) electrons. The predicted octanol–water partition coefficient (Wildman–Crippen LogP) is 3.72. The van der Waals surface area contributed by atoms with Crippen molar-refractivity contribution in [1.82, 2.24) is 4.57 Å². The maximum atomic E-state index is 13.4. The van der Waals surface area contributed by atoms with E-state index >= 15 is 0 Å². The molecule has 5 nitrogen and oxygen atoms in total. The molecule has 0 fully saturated rings. The molecular weight excluding hydrogens is 457 g/mol. The number of para-hydroxylation sites is 1. The van der Waals surface area contributed by atoms with Crippen LogP contribution in [0.3, 0.4) is 0 Å². The van der Waals surface area contributed by atoms with E-state index in [0.29, 0.717) is 16.9 Å². The first-order valence-corrected chi connectivity index (χ1v) is 9.55. The molecule has 27 heavy (non-hydrogen) atoms. The van der Waals surface area contributed by atoms with Crippen molar-refractivity contribution in [2.45, 2.75) is 10.8 Å². The van der Waals surface area contributed by atoms with E-state index < -0.39 is 21.2 Å². The summed E-state index contributed by atoms with van der Waals surface area (Å²) in [5, 5.41) is 0. The number of halogens is 1. The lowest BCUT2D eigenvalue weighted by Gasteiger charge is -2.24. The van der Waals surface area contributed by atoms with E-state index in [2.05, 4.69) is 0 Å². The lowest BCUT2D eigenvalue weighted by molar-refractivity contribution is -0.133. The Morgan fingerprint density at radius 2 is 1.52 bits per heavy atom. The highest BCUT2D eigenvalue weighted by Crippen LogP contribution is 2.36. The summed E-state index contributed by atoms with van der Waals surface area (Å²) < 4.78 is 5.90. The topological polar surface area (TPSA) is 65.4 Å². The lowest BCUT2D eigenvalue weighted by atomic mass is 9.98. The molecule has 1 aromatic heterocycles. The van der Waals surface area contributed by atoms with Gasteiger partial charge in [-0.3, -0.25) is 14.2 Å². The molecule has 2 aromatic carbocycles. The minimum Gasteiger partial charge on any atom is -0.424 e. The van der Waals surface area contributed by atoms with Gasteiger partial charge in [-0.15, -0.1) is 0 Å². The zero-order chi connectivity index (χ0) is 19.1. The van der Waals surface area contributed by atoms with Crippen LogP contribution in [0.4, 0.5) is 0 Å². The van der Waals surface area contributed by atoms with Crippen molar-refractivity contribution in [1.29, 1.82) is 0 Å². The summed E-state index contributed by atoms with van der Waals surface area (Å²) in [4.78, 5) is 38.2. The van der Waals surface area contributed by atoms with E-state index in [1.54, 1.807) is 41.6 Å². The van der Waals surface area contributed by atoms with E-state index in [0.717, 1.165) is 5.56 Å². The van der Waals surface area contributed by atoms with Crippen molar-refractivity contribution >= 4 is 34.3 Å². The Labute approximate surface area is 168 Å². The first-order chi connectivity index (χ1) is 13.0. The predicted molar refractivity (Wildman–Crippen MR) is 110 cm³/mol. The van der Waals surface area contributed by atoms with Crippen LogP contribution in [-0.2, 0) is 4.79 Å². The molecule has 134 valence electrons. The highest BCUT2D eigenvalue weighted by Gasteiger charge is 2.39. The van der Waals surface area contributed by atoms with Gasteiger partial charge in [0.2, 0.25) is 0 Å². The number of aromatic nitrogens is 1. The van der Waals surface area contributed by atoms with E-state index in [4.69, 9.17) is 4.74 Å². The number of hydrogen-bond acceptors (Lipinski definition) is 4. The number of pyridine rings is 1. The Hall–Kier alpha value is -2.74.